The van der Waals surface area contributed by atoms with Crippen LogP contribution in [0.5, 0.6) is 0 Å². The lowest BCUT2D eigenvalue weighted by atomic mass is 10.2. The molecule has 0 saturated heterocycles. The lowest BCUT2D eigenvalue weighted by Gasteiger charge is -2.19. The molecule has 4 heteroatoms. The zero-order chi connectivity index (χ0) is 13.1. The van der Waals surface area contributed by atoms with E-state index >= 15 is 0 Å². The van der Waals surface area contributed by atoms with Crippen LogP contribution in [-0.4, -0.2) is 49.3 Å². The third kappa shape index (κ3) is 7.13. The van der Waals surface area contributed by atoms with Gasteiger partial charge in [-0.1, -0.05) is 26.3 Å². The largest absolute Gasteiger partial charge is 0.466 e. The molecule has 0 aliphatic carbocycles. The number of esters is 1. The van der Waals surface area contributed by atoms with Gasteiger partial charge >= 0.3 is 5.97 Å². The second-order valence-corrected chi connectivity index (χ2v) is 3.95. The molecule has 0 radical (unpaired) electrons. The zero-order valence-electron chi connectivity index (χ0n) is 11.2. The summed E-state index contributed by atoms with van der Waals surface area (Å²) in [5.74, 6) is -0.257. The normalized spacial score (nSPS) is 11.9. The van der Waals surface area contributed by atoms with Crippen molar-refractivity contribution in [2.45, 2.75) is 33.1 Å². The average molecular weight is 243 g/mol. The van der Waals surface area contributed by atoms with Crippen molar-refractivity contribution in [1.82, 2.24) is 4.90 Å². The highest BCUT2D eigenvalue weighted by Crippen LogP contribution is 2.04. The highest BCUT2D eigenvalue weighted by atomic mass is 16.5. The summed E-state index contributed by atoms with van der Waals surface area (Å²) in [6, 6.07) is 0. The van der Waals surface area contributed by atoms with E-state index in [9.17, 15) is 4.79 Å². The van der Waals surface area contributed by atoms with Crippen LogP contribution in [0.4, 0.5) is 0 Å². The minimum absolute atomic E-state index is 0.150. The van der Waals surface area contributed by atoms with Gasteiger partial charge in [0.2, 0.25) is 0 Å². The summed E-state index contributed by atoms with van der Waals surface area (Å²) >= 11 is 0. The number of methoxy groups -OCH3 is 1. The van der Waals surface area contributed by atoms with E-state index in [2.05, 4.69) is 11.8 Å². The summed E-state index contributed by atoms with van der Waals surface area (Å²) in [7, 11) is 1.40. The van der Waals surface area contributed by atoms with Crippen LogP contribution >= 0.6 is 0 Å². The second kappa shape index (κ2) is 10.3. The van der Waals surface area contributed by atoms with Crippen molar-refractivity contribution in [2.75, 3.05) is 33.4 Å². The minimum Gasteiger partial charge on any atom is -0.466 e. The van der Waals surface area contributed by atoms with Gasteiger partial charge in [-0.2, -0.15) is 0 Å². The number of hydrogen-bond donors (Lipinski definition) is 1. The van der Waals surface area contributed by atoms with Crippen LogP contribution in [0.1, 0.15) is 33.1 Å². The fourth-order valence-corrected chi connectivity index (χ4v) is 1.56. The number of ether oxygens (including phenoxy) is 1. The zero-order valence-corrected chi connectivity index (χ0v) is 11.2. The van der Waals surface area contributed by atoms with Crippen molar-refractivity contribution in [3.63, 3.8) is 0 Å². The van der Waals surface area contributed by atoms with Crippen LogP contribution in [0.15, 0.2) is 11.6 Å². The first-order valence-corrected chi connectivity index (χ1v) is 6.30. The first-order valence-electron chi connectivity index (χ1n) is 6.30. The predicted molar refractivity (Wildman–Crippen MR) is 68.8 cm³/mol. The Morgan fingerprint density at radius 2 is 2.06 bits per heavy atom. The topological polar surface area (TPSA) is 49.8 Å². The molecule has 0 amide bonds. The summed E-state index contributed by atoms with van der Waals surface area (Å²) in [5.41, 5.74) is 0.701. The molecule has 100 valence electrons. The number of carbonyl (C=O) groups excluding carboxylic acids is 1. The Hall–Kier alpha value is -0.870. The molecule has 0 aromatic heterocycles. The summed E-state index contributed by atoms with van der Waals surface area (Å²) in [4.78, 5) is 13.5. The maximum absolute atomic E-state index is 11.4. The molecule has 0 unspecified atom stereocenters. The number of unbranched alkanes of at least 4 members (excludes halogenated alkanes) is 1. The average Bonchev–Trinajstić information content (AvgIpc) is 2.35. The van der Waals surface area contributed by atoms with E-state index in [0.717, 1.165) is 19.4 Å². The van der Waals surface area contributed by atoms with E-state index in [1.165, 1.54) is 7.11 Å². The van der Waals surface area contributed by atoms with Crippen LogP contribution < -0.4 is 0 Å². The highest BCUT2D eigenvalue weighted by Gasteiger charge is 2.08. The minimum atomic E-state index is -0.257. The molecule has 0 fully saturated rings. The fraction of sp³-hybridized carbons (Fsp3) is 0.769. The maximum atomic E-state index is 11.4. The molecule has 0 bridgehead atoms. The van der Waals surface area contributed by atoms with Gasteiger partial charge < -0.3 is 9.84 Å². The van der Waals surface area contributed by atoms with Crippen LogP contribution in [0.2, 0.25) is 0 Å². The van der Waals surface area contributed by atoms with Gasteiger partial charge in [0.05, 0.1) is 13.7 Å². The molecular formula is C13H25NO3. The number of rotatable bonds is 9. The predicted octanol–water partition coefficient (Wildman–Crippen LogP) is 1.59. The Kier molecular flexibility index (Phi) is 9.77. The van der Waals surface area contributed by atoms with Crippen LogP contribution in [0.25, 0.3) is 0 Å². The van der Waals surface area contributed by atoms with Gasteiger partial charge in [-0.15, -0.1) is 0 Å². The molecule has 0 aliphatic rings. The first kappa shape index (κ1) is 16.1. The molecule has 0 aliphatic heterocycles. The molecule has 0 aromatic rings. The van der Waals surface area contributed by atoms with Gasteiger partial charge in [0.1, 0.15) is 0 Å². The van der Waals surface area contributed by atoms with Crippen molar-refractivity contribution < 1.29 is 14.6 Å². The molecule has 0 spiro atoms. The van der Waals surface area contributed by atoms with Crippen molar-refractivity contribution in [1.29, 1.82) is 0 Å². The second-order valence-electron chi connectivity index (χ2n) is 3.95. The van der Waals surface area contributed by atoms with Crippen LogP contribution in [0.3, 0.4) is 0 Å². The number of nitrogens with zero attached hydrogens (tertiary/aromatic N) is 1. The monoisotopic (exact) mass is 243 g/mol. The number of carbonyl (C=O) groups is 1. The van der Waals surface area contributed by atoms with E-state index < -0.39 is 0 Å². The molecule has 1 N–H and O–H groups in total. The molecule has 0 atom stereocenters. The Balaban J connectivity index is 4.31. The first-order chi connectivity index (χ1) is 8.19. The van der Waals surface area contributed by atoms with Crippen molar-refractivity contribution in [3.05, 3.63) is 11.6 Å². The Morgan fingerprint density at radius 3 is 2.53 bits per heavy atom. The molecular weight excluding hydrogens is 218 g/mol. The fourth-order valence-electron chi connectivity index (χ4n) is 1.56. The Bertz CT molecular complexity index is 239. The van der Waals surface area contributed by atoms with E-state index in [4.69, 9.17) is 9.84 Å². The molecule has 17 heavy (non-hydrogen) atoms. The number of aliphatic hydroxyl groups excluding tert-OH is 1. The van der Waals surface area contributed by atoms with Gasteiger partial charge in [0.15, 0.2) is 0 Å². The van der Waals surface area contributed by atoms with Crippen LogP contribution in [0, 0.1) is 0 Å². The van der Waals surface area contributed by atoms with Crippen molar-refractivity contribution >= 4 is 5.97 Å². The summed E-state index contributed by atoms with van der Waals surface area (Å²) in [6.07, 6.45) is 4.81. The number of hydrogen-bond acceptors (Lipinski definition) is 4. The molecule has 4 nitrogen and oxygen atoms in total. The van der Waals surface area contributed by atoms with E-state index in [-0.39, 0.29) is 12.6 Å². The molecule has 0 aromatic carbocycles. The van der Waals surface area contributed by atoms with E-state index in [0.29, 0.717) is 25.1 Å². The SMILES string of the molecule is CCCCN(CC=C(CC)C(=O)OC)CCO. The third-order valence-electron chi connectivity index (χ3n) is 2.67. The lowest BCUT2D eigenvalue weighted by molar-refractivity contribution is -0.136. The summed E-state index contributed by atoms with van der Waals surface area (Å²) in [5, 5.41) is 8.96. The summed E-state index contributed by atoms with van der Waals surface area (Å²) in [6.45, 7) is 6.51. The van der Waals surface area contributed by atoms with Crippen molar-refractivity contribution in [2.24, 2.45) is 0 Å². The van der Waals surface area contributed by atoms with E-state index in [1.807, 2.05) is 13.0 Å². The standard InChI is InChI=1S/C13H25NO3/c1-4-6-8-14(10-11-15)9-7-12(5-2)13(16)17-3/h7,15H,4-6,8-11H2,1-3H3. The smallest absolute Gasteiger partial charge is 0.333 e. The van der Waals surface area contributed by atoms with Gasteiger partial charge in [-0.3, -0.25) is 4.90 Å². The van der Waals surface area contributed by atoms with Gasteiger partial charge in [-0.05, 0) is 19.4 Å². The quantitative estimate of drug-likeness (QED) is 0.493. The van der Waals surface area contributed by atoms with Gasteiger partial charge in [0, 0.05) is 18.7 Å². The third-order valence-corrected chi connectivity index (χ3v) is 2.67. The Labute approximate surface area is 104 Å². The molecule has 0 saturated carbocycles. The Morgan fingerprint density at radius 1 is 1.35 bits per heavy atom. The van der Waals surface area contributed by atoms with Crippen molar-refractivity contribution in [3.8, 4) is 0 Å². The lowest BCUT2D eigenvalue weighted by Crippen LogP contribution is -2.28. The van der Waals surface area contributed by atoms with Crippen LogP contribution in [-0.2, 0) is 9.53 Å². The summed E-state index contributed by atoms with van der Waals surface area (Å²) < 4.78 is 4.70. The molecule has 0 heterocycles. The number of aliphatic hydroxyl groups is 1. The van der Waals surface area contributed by atoms with Gasteiger partial charge in [-0.25, -0.2) is 4.79 Å². The van der Waals surface area contributed by atoms with Gasteiger partial charge in [0.25, 0.3) is 0 Å². The maximum Gasteiger partial charge on any atom is 0.333 e. The van der Waals surface area contributed by atoms with E-state index in [1.54, 1.807) is 0 Å². The highest BCUT2D eigenvalue weighted by molar-refractivity contribution is 5.88. The molecule has 0 rings (SSSR count).